The highest BCUT2D eigenvalue weighted by Crippen LogP contribution is 2.23. The maximum absolute atomic E-state index is 13.3. The van der Waals surface area contributed by atoms with Crippen molar-refractivity contribution in [3.05, 3.63) is 65.0 Å². The molecule has 1 amide bonds. The average molecular weight is 437 g/mol. The van der Waals surface area contributed by atoms with Gasteiger partial charge in [0, 0.05) is 17.7 Å². The number of hydrogen-bond donors (Lipinski definition) is 2. The first-order valence-corrected chi connectivity index (χ1v) is 9.37. The van der Waals surface area contributed by atoms with Gasteiger partial charge in [0.15, 0.2) is 22.6 Å². The van der Waals surface area contributed by atoms with Crippen LogP contribution in [-0.4, -0.2) is 33.6 Å². The molecular formula is C19H14F3N3O4S. The van der Waals surface area contributed by atoms with Crippen LogP contribution in [0.15, 0.2) is 46.6 Å². The first kappa shape index (κ1) is 21.4. The smallest absolute Gasteiger partial charge is 0.305 e. The van der Waals surface area contributed by atoms with Crippen LogP contribution in [0.1, 0.15) is 17.5 Å². The van der Waals surface area contributed by atoms with Gasteiger partial charge in [-0.3, -0.25) is 9.59 Å². The molecule has 7 nitrogen and oxygen atoms in total. The molecule has 0 bridgehead atoms. The number of amides is 1. The lowest BCUT2D eigenvalue weighted by molar-refractivity contribution is -0.138. The van der Waals surface area contributed by atoms with E-state index in [-0.39, 0.29) is 23.9 Å². The summed E-state index contributed by atoms with van der Waals surface area (Å²) in [6, 6.07) is 8.33. The van der Waals surface area contributed by atoms with Crippen molar-refractivity contribution in [2.45, 2.75) is 18.3 Å². The van der Waals surface area contributed by atoms with Gasteiger partial charge in [-0.2, -0.15) is 5.10 Å². The summed E-state index contributed by atoms with van der Waals surface area (Å²) in [6.07, 6.45) is 1.05. The molecule has 2 N–H and O–H groups in total. The summed E-state index contributed by atoms with van der Waals surface area (Å²) in [6.45, 7) is -0.0740. The van der Waals surface area contributed by atoms with Gasteiger partial charge in [0.2, 0.25) is 5.91 Å². The second kappa shape index (κ2) is 9.44. The minimum absolute atomic E-state index is 0.0740. The Bertz CT molecular complexity index is 1020. The third-order valence-corrected chi connectivity index (χ3v) is 4.96. The van der Waals surface area contributed by atoms with Crippen molar-refractivity contribution < 1.29 is 32.6 Å². The molecule has 1 heterocycles. The Hall–Kier alpha value is -3.34. The predicted molar refractivity (Wildman–Crippen MR) is 104 cm³/mol. The summed E-state index contributed by atoms with van der Waals surface area (Å²) < 4.78 is 44.9. The van der Waals surface area contributed by atoms with Crippen molar-refractivity contribution in [3.63, 3.8) is 0 Å². The molecule has 1 aliphatic heterocycles. The van der Waals surface area contributed by atoms with E-state index < -0.39 is 34.6 Å². The fraction of sp³-hybridized carbons (Fsp3) is 0.158. The molecule has 0 saturated carbocycles. The number of carboxylic acid groups (broad SMARTS) is 1. The van der Waals surface area contributed by atoms with Gasteiger partial charge in [-0.1, -0.05) is 36.0 Å². The fourth-order valence-corrected chi connectivity index (χ4v) is 3.37. The number of carbonyl (C=O) groups excluding carboxylic acids is 1. The molecule has 11 heteroatoms. The third-order valence-electron chi connectivity index (χ3n) is 3.89. The predicted octanol–water partition coefficient (Wildman–Crippen LogP) is 3.08. The van der Waals surface area contributed by atoms with Crippen LogP contribution in [-0.2, 0) is 16.2 Å². The number of nitrogens with one attached hydrogen (secondary N) is 1. The van der Waals surface area contributed by atoms with Crippen LogP contribution in [0.2, 0.25) is 0 Å². The minimum Gasteiger partial charge on any atom is -0.489 e. The van der Waals surface area contributed by atoms with E-state index in [1.54, 1.807) is 24.3 Å². The topological polar surface area (TPSA) is 100 Å². The van der Waals surface area contributed by atoms with E-state index in [1.165, 1.54) is 6.21 Å². The third kappa shape index (κ3) is 5.38. The minimum atomic E-state index is -1.57. The molecular weight excluding hydrogens is 423 g/mol. The second-order valence-electron chi connectivity index (χ2n) is 6.03. The van der Waals surface area contributed by atoms with Gasteiger partial charge < -0.3 is 15.2 Å². The number of ether oxygens (including phenoxy) is 1. The molecule has 2 aromatic carbocycles. The highest BCUT2D eigenvalue weighted by molar-refractivity contribution is 8.15. The van der Waals surface area contributed by atoms with Crippen molar-refractivity contribution >= 4 is 35.0 Å². The van der Waals surface area contributed by atoms with E-state index in [9.17, 15) is 22.8 Å². The number of hydrogen-bond acceptors (Lipinski definition) is 6. The lowest BCUT2D eigenvalue weighted by atomic mass is 10.1. The zero-order valence-electron chi connectivity index (χ0n) is 15.1. The first-order valence-electron chi connectivity index (χ1n) is 8.49. The number of amidine groups is 1. The normalized spacial score (nSPS) is 17.5. The van der Waals surface area contributed by atoms with Crippen molar-refractivity contribution in [1.29, 1.82) is 0 Å². The van der Waals surface area contributed by atoms with Gasteiger partial charge in [0.1, 0.15) is 17.6 Å². The number of carbonyl (C=O) groups is 2. The van der Waals surface area contributed by atoms with Gasteiger partial charge in [-0.15, -0.1) is 5.10 Å². The number of rotatable bonds is 7. The van der Waals surface area contributed by atoms with E-state index in [0.29, 0.717) is 11.1 Å². The number of aliphatic carboxylic acids is 1. The molecule has 1 saturated heterocycles. The zero-order chi connectivity index (χ0) is 21.7. The summed E-state index contributed by atoms with van der Waals surface area (Å²) in [4.78, 5) is 22.4. The van der Waals surface area contributed by atoms with Crippen molar-refractivity contribution in [1.82, 2.24) is 5.32 Å². The van der Waals surface area contributed by atoms with Crippen molar-refractivity contribution in [2.75, 3.05) is 0 Å². The van der Waals surface area contributed by atoms with E-state index in [1.807, 2.05) is 0 Å². The first-order chi connectivity index (χ1) is 14.3. The van der Waals surface area contributed by atoms with Gasteiger partial charge in [-0.25, -0.2) is 13.2 Å². The van der Waals surface area contributed by atoms with E-state index in [2.05, 4.69) is 15.5 Å². The lowest BCUT2D eigenvalue weighted by Gasteiger charge is -2.09. The van der Waals surface area contributed by atoms with Crippen LogP contribution in [0, 0.1) is 17.5 Å². The Morgan fingerprint density at radius 3 is 2.63 bits per heavy atom. The Balaban J connectivity index is 1.67. The van der Waals surface area contributed by atoms with Gasteiger partial charge in [-0.05, 0) is 5.56 Å². The van der Waals surface area contributed by atoms with Crippen molar-refractivity contribution in [2.24, 2.45) is 10.2 Å². The van der Waals surface area contributed by atoms with Crippen LogP contribution in [0.4, 0.5) is 13.2 Å². The highest BCUT2D eigenvalue weighted by Gasteiger charge is 2.32. The van der Waals surface area contributed by atoms with Crippen LogP contribution < -0.4 is 10.1 Å². The van der Waals surface area contributed by atoms with Gasteiger partial charge >= 0.3 is 5.97 Å². The van der Waals surface area contributed by atoms with E-state index in [4.69, 9.17) is 9.84 Å². The molecule has 156 valence electrons. The molecule has 1 aliphatic rings. The molecule has 0 radical (unpaired) electrons. The summed E-state index contributed by atoms with van der Waals surface area (Å²) in [7, 11) is 0. The Morgan fingerprint density at radius 1 is 1.23 bits per heavy atom. The maximum atomic E-state index is 13.3. The molecule has 1 unspecified atom stereocenters. The molecule has 3 rings (SSSR count). The molecule has 0 aliphatic carbocycles. The Labute approximate surface area is 172 Å². The van der Waals surface area contributed by atoms with Crippen LogP contribution in [0.25, 0.3) is 0 Å². The average Bonchev–Trinajstić information content (AvgIpc) is 3.03. The number of nitrogens with zero attached hydrogens (tertiary/aromatic N) is 2. The summed E-state index contributed by atoms with van der Waals surface area (Å²) in [5.74, 6) is -6.00. The van der Waals surface area contributed by atoms with E-state index >= 15 is 0 Å². The van der Waals surface area contributed by atoms with Gasteiger partial charge in [0.25, 0.3) is 0 Å². The van der Waals surface area contributed by atoms with Crippen LogP contribution in [0.3, 0.4) is 0 Å². The molecule has 2 aromatic rings. The van der Waals surface area contributed by atoms with Crippen LogP contribution >= 0.6 is 11.8 Å². The summed E-state index contributed by atoms with van der Waals surface area (Å²) >= 11 is 0.966. The second-order valence-corrected chi connectivity index (χ2v) is 7.22. The number of halogens is 3. The quantitative estimate of drug-likeness (QED) is 0.394. The lowest BCUT2D eigenvalue weighted by Crippen LogP contribution is -2.26. The standard InChI is InChI=1S/C19H14F3N3O4S/c20-13-5-12(6-14(21)17(13)22)29-9-11-4-2-1-3-10(11)8-23-25-19-24-18(28)15(30-19)7-16(26)27/h1-6,8,15H,7,9H2,(H,26,27)(H,24,25,28). The fourth-order valence-electron chi connectivity index (χ4n) is 2.46. The zero-order valence-corrected chi connectivity index (χ0v) is 16.0. The molecule has 30 heavy (non-hydrogen) atoms. The molecule has 1 fully saturated rings. The number of thioether (sulfide) groups is 1. The van der Waals surface area contributed by atoms with E-state index in [0.717, 1.165) is 23.9 Å². The molecule has 0 aromatic heterocycles. The number of benzene rings is 2. The Kier molecular flexibility index (Phi) is 6.72. The molecule has 1 atom stereocenters. The van der Waals surface area contributed by atoms with Crippen molar-refractivity contribution in [3.8, 4) is 5.75 Å². The maximum Gasteiger partial charge on any atom is 0.305 e. The van der Waals surface area contributed by atoms with Crippen LogP contribution in [0.5, 0.6) is 5.75 Å². The summed E-state index contributed by atoms with van der Waals surface area (Å²) in [5.41, 5.74) is 1.19. The highest BCUT2D eigenvalue weighted by atomic mass is 32.2. The monoisotopic (exact) mass is 437 g/mol. The number of carboxylic acids is 1. The summed E-state index contributed by atoms with van der Waals surface area (Å²) in [5, 5.41) is 18.4. The SMILES string of the molecule is O=C(O)CC1SC(=NN=Cc2ccccc2COc2cc(F)c(F)c(F)c2)NC1=O. The van der Waals surface area contributed by atoms with Gasteiger partial charge in [0.05, 0.1) is 12.6 Å². The largest absolute Gasteiger partial charge is 0.489 e. The molecule has 0 spiro atoms. The Morgan fingerprint density at radius 2 is 1.93 bits per heavy atom.